The fraction of sp³-hybridized carbons (Fsp3) is 0.667. The highest BCUT2D eigenvalue weighted by Gasteiger charge is 2.12. The van der Waals surface area contributed by atoms with Crippen LogP contribution < -0.4 is 10.1 Å². The van der Waals surface area contributed by atoms with Crippen LogP contribution in [0.15, 0.2) is 6.33 Å². The van der Waals surface area contributed by atoms with E-state index >= 15 is 0 Å². The van der Waals surface area contributed by atoms with E-state index in [4.69, 9.17) is 4.74 Å². The molecule has 1 heterocycles. The third-order valence-corrected chi connectivity index (χ3v) is 2.82. The summed E-state index contributed by atoms with van der Waals surface area (Å²) in [7, 11) is 3.63. The van der Waals surface area contributed by atoms with E-state index in [1.54, 1.807) is 13.4 Å². The smallest absolute Gasteiger partial charge is 0.219 e. The van der Waals surface area contributed by atoms with Crippen molar-refractivity contribution in [2.75, 3.05) is 14.2 Å². The Hall–Kier alpha value is -1.16. The summed E-state index contributed by atoms with van der Waals surface area (Å²) in [6.45, 7) is 4.20. The molecule has 0 aliphatic heterocycles. The molecule has 0 saturated carbocycles. The van der Waals surface area contributed by atoms with Gasteiger partial charge in [0.1, 0.15) is 6.33 Å². The first-order chi connectivity index (χ1) is 7.72. The van der Waals surface area contributed by atoms with E-state index in [0.717, 1.165) is 24.1 Å². The third kappa shape index (κ3) is 3.17. The first kappa shape index (κ1) is 12.9. The van der Waals surface area contributed by atoms with Crippen molar-refractivity contribution >= 4 is 0 Å². The van der Waals surface area contributed by atoms with Gasteiger partial charge in [-0.05, 0) is 20.4 Å². The predicted octanol–water partition coefficient (Wildman–Crippen LogP) is 1.72. The van der Waals surface area contributed by atoms with Crippen molar-refractivity contribution in [3.05, 3.63) is 17.6 Å². The van der Waals surface area contributed by atoms with Crippen LogP contribution in [0.25, 0.3) is 0 Å². The van der Waals surface area contributed by atoms with Crippen molar-refractivity contribution < 1.29 is 4.74 Å². The predicted molar refractivity (Wildman–Crippen MR) is 64.8 cm³/mol. The van der Waals surface area contributed by atoms with Gasteiger partial charge in [-0.25, -0.2) is 9.97 Å². The van der Waals surface area contributed by atoms with Crippen LogP contribution in [0.1, 0.15) is 31.0 Å². The summed E-state index contributed by atoms with van der Waals surface area (Å²) in [4.78, 5) is 8.41. The molecule has 1 aromatic heterocycles. The van der Waals surface area contributed by atoms with E-state index in [1.807, 2.05) is 14.0 Å². The molecule has 1 rings (SSSR count). The minimum Gasteiger partial charge on any atom is -0.481 e. The van der Waals surface area contributed by atoms with E-state index in [0.29, 0.717) is 11.9 Å². The third-order valence-electron chi connectivity index (χ3n) is 2.82. The fourth-order valence-electron chi connectivity index (χ4n) is 1.81. The monoisotopic (exact) mass is 223 g/mol. The molecule has 0 aliphatic carbocycles. The van der Waals surface area contributed by atoms with Gasteiger partial charge >= 0.3 is 0 Å². The molecule has 0 bridgehead atoms. The Balaban J connectivity index is 2.79. The first-order valence-corrected chi connectivity index (χ1v) is 5.74. The van der Waals surface area contributed by atoms with Crippen molar-refractivity contribution in [1.29, 1.82) is 0 Å². The highest BCUT2D eigenvalue weighted by atomic mass is 16.5. The number of nitrogens with one attached hydrogen (secondary N) is 1. The maximum atomic E-state index is 5.19. The molecule has 1 atom stereocenters. The van der Waals surface area contributed by atoms with Gasteiger partial charge in [0.2, 0.25) is 5.88 Å². The summed E-state index contributed by atoms with van der Waals surface area (Å²) in [6, 6.07) is 0.475. The lowest BCUT2D eigenvalue weighted by Crippen LogP contribution is -2.28. The minimum atomic E-state index is 0.475. The molecule has 1 aromatic rings. The number of hydrogen-bond acceptors (Lipinski definition) is 4. The Morgan fingerprint density at radius 3 is 2.75 bits per heavy atom. The Morgan fingerprint density at radius 2 is 2.19 bits per heavy atom. The quantitative estimate of drug-likeness (QED) is 0.797. The van der Waals surface area contributed by atoms with Crippen LogP contribution in [0.4, 0.5) is 0 Å². The SMILES string of the molecule is CCCC(Cc1ncnc(OC)c1C)NC. The number of aromatic nitrogens is 2. The van der Waals surface area contributed by atoms with Gasteiger partial charge in [0.25, 0.3) is 0 Å². The standard InChI is InChI=1S/C12H21N3O/c1-5-6-10(13-3)7-11-9(2)12(16-4)15-8-14-11/h8,10,13H,5-7H2,1-4H3. The van der Waals surface area contributed by atoms with Crippen LogP contribution >= 0.6 is 0 Å². The highest BCUT2D eigenvalue weighted by molar-refractivity contribution is 5.28. The molecule has 0 saturated heterocycles. The van der Waals surface area contributed by atoms with Gasteiger partial charge < -0.3 is 10.1 Å². The zero-order chi connectivity index (χ0) is 12.0. The molecule has 4 heteroatoms. The van der Waals surface area contributed by atoms with Crippen LogP contribution in [0.3, 0.4) is 0 Å². The Bertz CT molecular complexity index is 328. The Labute approximate surface area is 97.5 Å². The number of rotatable bonds is 6. The molecule has 0 spiro atoms. The number of ether oxygens (including phenoxy) is 1. The van der Waals surface area contributed by atoms with E-state index in [-0.39, 0.29) is 0 Å². The Morgan fingerprint density at radius 1 is 1.44 bits per heavy atom. The van der Waals surface area contributed by atoms with E-state index < -0.39 is 0 Å². The molecule has 1 unspecified atom stereocenters. The van der Waals surface area contributed by atoms with Crippen molar-refractivity contribution in [1.82, 2.24) is 15.3 Å². The molecule has 0 radical (unpaired) electrons. The van der Waals surface area contributed by atoms with E-state index in [1.165, 1.54) is 6.42 Å². The molecule has 0 amide bonds. The van der Waals surface area contributed by atoms with Gasteiger partial charge in [-0.15, -0.1) is 0 Å². The van der Waals surface area contributed by atoms with Gasteiger partial charge in [0.15, 0.2) is 0 Å². The number of nitrogens with zero attached hydrogens (tertiary/aromatic N) is 2. The Kier molecular flexibility index (Phi) is 5.19. The summed E-state index contributed by atoms with van der Waals surface area (Å²) >= 11 is 0. The summed E-state index contributed by atoms with van der Waals surface area (Å²) in [5, 5.41) is 3.31. The van der Waals surface area contributed by atoms with Crippen molar-refractivity contribution in [3.8, 4) is 5.88 Å². The lowest BCUT2D eigenvalue weighted by molar-refractivity contribution is 0.391. The fourth-order valence-corrected chi connectivity index (χ4v) is 1.81. The zero-order valence-electron chi connectivity index (χ0n) is 10.6. The number of likely N-dealkylation sites (N-methyl/N-ethyl adjacent to an activating group) is 1. The largest absolute Gasteiger partial charge is 0.481 e. The second-order valence-corrected chi connectivity index (χ2v) is 3.93. The minimum absolute atomic E-state index is 0.475. The molecule has 16 heavy (non-hydrogen) atoms. The maximum Gasteiger partial charge on any atom is 0.219 e. The average molecular weight is 223 g/mol. The molecule has 1 N–H and O–H groups in total. The normalized spacial score (nSPS) is 12.5. The van der Waals surface area contributed by atoms with Gasteiger partial charge in [-0.1, -0.05) is 13.3 Å². The molecule has 4 nitrogen and oxygen atoms in total. The summed E-state index contributed by atoms with van der Waals surface area (Å²) < 4.78 is 5.19. The van der Waals surface area contributed by atoms with Gasteiger partial charge in [0.05, 0.1) is 12.8 Å². The molecule has 0 aromatic carbocycles. The van der Waals surface area contributed by atoms with E-state index in [2.05, 4.69) is 22.2 Å². The van der Waals surface area contributed by atoms with Crippen LogP contribution in [0, 0.1) is 6.92 Å². The van der Waals surface area contributed by atoms with Crippen LogP contribution in [-0.4, -0.2) is 30.2 Å². The molecular formula is C12H21N3O. The molecular weight excluding hydrogens is 202 g/mol. The average Bonchev–Trinajstić information content (AvgIpc) is 2.31. The number of methoxy groups -OCH3 is 1. The lowest BCUT2D eigenvalue weighted by Gasteiger charge is -2.16. The first-order valence-electron chi connectivity index (χ1n) is 5.74. The van der Waals surface area contributed by atoms with Crippen molar-refractivity contribution in [2.45, 2.75) is 39.2 Å². The second kappa shape index (κ2) is 6.43. The summed E-state index contributed by atoms with van der Waals surface area (Å²) in [6.07, 6.45) is 4.82. The summed E-state index contributed by atoms with van der Waals surface area (Å²) in [5.41, 5.74) is 2.11. The lowest BCUT2D eigenvalue weighted by atomic mass is 10.0. The van der Waals surface area contributed by atoms with Crippen LogP contribution in [-0.2, 0) is 6.42 Å². The van der Waals surface area contributed by atoms with Gasteiger partial charge in [0, 0.05) is 18.0 Å². The summed E-state index contributed by atoms with van der Waals surface area (Å²) in [5.74, 6) is 0.677. The van der Waals surface area contributed by atoms with Gasteiger partial charge in [-0.2, -0.15) is 0 Å². The van der Waals surface area contributed by atoms with Crippen LogP contribution in [0.5, 0.6) is 5.88 Å². The molecule has 0 aliphatic rings. The van der Waals surface area contributed by atoms with Gasteiger partial charge in [-0.3, -0.25) is 0 Å². The second-order valence-electron chi connectivity index (χ2n) is 3.93. The van der Waals surface area contributed by atoms with Crippen LogP contribution in [0.2, 0.25) is 0 Å². The topological polar surface area (TPSA) is 47.0 Å². The van der Waals surface area contributed by atoms with E-state index in [9.17, 15) is 0 Å². The number of hydrogen-bond donors (Lipinski definition) is 1. The van der Waals surface area contributed by atoms with Crippen molar-refractivity contribution in [3.63, 3.8) is 0 Å². The highest BCUT2D eigenvalue weighted by Crippen LogP contribution is 2.17. The molecule has 90 valence electrons. The maximum absolute atomic E-state index is 5.19. The van der Waals surface area contributed by atoms with Crippen molar-refractivity contribution in [2.24, 2.45) is 0 Å². The zero-order valence-corrected chi connectivity index (χ0v) is 10.6. The molecule has 0 fully saturated rings.